The molecule has 0 saturated carbocycles. The van der Waals surface area contributed by atoms with E-state index in [1.807, 2.05) is 0 Å². The summed E-state index contributed by atoms with van der Waals surface area (Å²) in [5.41, 5.74) is 0. The van der Waals surface area contributed by atoms with Crippen molar-refractivity contribution < 1.29 is 0 Å². The lowest BCUT2D eigenvalue weighted by atomic mass is 10.5. The second kappa shape index (κ2) is 3.85. The summed E-state index contributed by atoms with van der Waals surface area (Å²) in [6.45, 7) is 0. The first-order chi connectivity index (χ1) is 2.41. The van der Waals surface area contributed by atoms with Crippen LogP contribution < -0.4 is 0 Å². The van der Waals surface area contributed by atoms with Crippen LogP contribution in [0.5, 0.6) is 0 Å². The Hall–Kier alpha value is -0.150. The third-order valence-corrected chi connectivity index (χ3v) is 0.349. The lowest BCUT2D eigenvalue weighted by Gasteiger charge is -1.66. The predicted octanol–water partition coefficient (Wildman–Crippen LogP) is 1.41. The number of terminal acetylenes is 1. The van der Waals surface area contributed by atoms with Gasteiger partial charge in [0.2, 0.25) is 0 Å². The predicted molar refractivity (Wildman–Crippen MR) is 23.6 cm³/mol. The molecule has 0 aliphatic carbocycles. The van der Waals surface area contributed by atoms with Crippen LogP contribution in [0.2, 0.25) is 0 Å². The van der Waals surface area contributed by atoms with Crippen LogP contribution in [0.1, 0.15) is 6.42 Å². The van der Waals surface area contributed by atoms with Crippen molar-refractivity contribution in [1.29, 1.82) is 0 Å². The number of hydrogen-bond acceptors (Lipinski definition) is 0. The highest BCUT2D eigenvalue weighted by atomic mass is 35.5. The van der Waals surface area contributed by atoms with Crippen LogP contribution in [-0.2, 0) is 0 Å². The van der Waals surface area contributed by atoms with Crippen molar-refractivity contribution >= 4 is 11.6 Å². The van der Waals surface area contributed by atoms with Gasteiger partial charge in [-0.15, -0.1) is 23.9 Å². The molecule has 0 aromatic rings. The average molecular weight is 87.5 g/mol. The number of halogens is 1. The highest BCUT2D eigenvalue weighted by molar-refractivity contribution is 6.23. The highest BCUT2D eigenvalue weighted by Crippen LogP contribution is 1.85. The third kappa shape index (κ3) is 3.85. The van der Waals surface area contributed by atoms with Crippen molar-refractivity contribution in [3.05, 3.63) is 5.88 Å². The van der Waals surface area contributed by atoms with E-state index in [9.17, 15) is 0 Å². The zero-order valence-corrected chi connectivity index (χ0v) is 3.50. The molecule has 0 aliphatic heterocycles. The van der Waals surface area contributed by atoms with Crippen LogP contribution in [-0.4, -0.2) is 0 Å². The Balaban J connectivity index is 2.48. The molecule has 0 amide bonds. The van der Waals surface area contributed by atoms with Crippen LogP contribution in [0, 0.1) is 18.2 Å². The van der Waals surface area contributed by atoms with E-state index < -0.39 is 0 Å². The maximum Gasteiger partial charge on any atom is 0.0618 e. The molecule has 0 spiro atoms. The zero-order valence-electron chi connectivity index (χ0n) is 2.74. The molecular weight excluding hydrogens is 83.5 g/mol. The number of rotatable bonds is 1. The van der Waals surface area contributed by atoms with E-state index >= 15 is 0 Å². The van der Waals surface area contributed by atoms with E-state index in [2.05, 4.69) is 5.92 Å². The SMILES string of the molecule is C#CC[CH]Cl. The molecule has 5 heavy (non-hydrogen) atoms. The van der Waals surface area contributed by atoms with E-state index in [4.69, 9.17) is 18.0 Å². The molecule has 0 aromatic heterocycles. The monoisotopic (exact) mass is 87.0 g/mol. The smallest absolute Gasteiger partial charge is 0.0618 e. The van der Waals surface area contributed by atoms with Gasteiger partial charge in [-0.25, -0.2) is 0 Å². The maximum absolute atomic E-state index is 5.03. The Labute approximate surface area is 37.1 Å². The van der Waals surface area contributed by atoms with Gasteiger partial charge in [-0.3, -0.25) is 0 Å². The molecule has 0 aliphatic rings. The summed E-state index contributed by atoms with van der Waals surface area (Å²) in [4.78, 5) is 0. The Kier molecular flexibility index (Phi) is 3.73. The van der Waals surface area contributed by atoms with Gasteiger partial charge in [0.25, 0.3) is 0 Å². The first-order valence-corrected chi connectivity index (χ1v) is 1.71. The summed E-state index contributed by atoms with van der Waals surface area (Å²) in [7, 11) is 0. The van der Waals surface area contributed by atoms with E-state index in [0.29, 0.717) is 6.42 Å². The van der Waals surface area contributed by atoms with Gasteiger partial charge < -0.3 is 0 Å². The van der Waals surface area contributed by atoms with Gasteiger partial charge in [-0.2, -0.15) is 0 Å². The molecule has 0 nitrogen and oxygen atoms in total. The summed E-state index contributed by atoms with van der Waals surface area (Å²) in [6, 6.07) is 0. The molecule has 0 N–H and O–H groups in total. The summed E-state index contributed by atoms with van der Waals surface area (Å²) in [5, 5.41) is 0. The molecule has 0 unspecified atom stereocenters. The van der Waals surface area contributed by atoms with E-state index in [1.165, 1.54) is 5.88 Å². The molecule has 1 heteroatoms. The Morgan fingerprint density at radius 2 is 2.60 bits per heavy atom. The Bertz CT molecular complexity index is 42.1. The van der Waals surface area contributed by atoms with E-state index in [0.717, 1.165) is 0 Å². The van der Waals surface area contributed by atoms with Gasteiger partial charge in [0.05, 0.1) is 5.88 Å². The van der Waals surface area contributed by atoms with Gasteiger partial charge >= 0.3 is 0 Å². The zero-order chi connectivity index (χ0) is 4.12. The van der Waals surface area contributed by atoms with Crippen molar-refractivity contribution in [1.82, 2.24) is 0 Å². The second-order valence-corrected chi connectivity index (χ2v) is 0.871. The molecule has 0 heterocycles. The number of hydrogen-bond donors (Lipinski definition) is 0. The molecule has 1 radical (unpaired) electrons. The average Bonchev–Trinajstić information content (AvgIpc) is 1.41. The van der Waals surface area contributed by atoms with Crippen molar-refractivity contribution in [3.8, 4) is 12.3 Å². The fourth-order valence-electron chi connectivity index (χ4n) is 0.0445. The molecule has 0 saturated heterocycles. The molecule has 0 rings (SSSR count). The van der Waals surface area contributed by atoms with Gasteiger partial charge in [-0.05, 0) is 0 Å². The van der Waals surface area contributed by atoms with Gasteiger partial charge in [0.15, 0.2) is 0 Å². The van der Waals surface area contributed by atoms with Crippen LogP contribution in [0.25, 0.3) is 0 Å². The topological polar surface area (TPSA) is 0 Å². The summed E-state index contributed by atoms with van der Waals surface area (Å²) in [5.74, 6) is 3.75. The highest BCUT2D eigenvalue weighted by Gasteiger charge is 1.65. The van der Waals surface area contributed by atoms with Gasteiger partial charge in [0.1, 0.15) is 0 Å². The quantitative estimate of drug-likeness (QED) is 0.424. The van der Waals surface area contributed by atoms with E-state index in [1.54, 1.807) is 0 Å². The minimum Gasteiger partial charge on any atom is -0.120 e. The summed E-state index contributed by atoms with van der Waals surface area (Å²) < 4.78 is 0. The van der Waals surface area contributed by atoms with Crippen molar-refractivity contribution in [2.24, 2.45) is 0 Å². The Morgan fingerprint density at radius 3 is 2.60 bits per heavy atom. The maximum atomic E-state index is 5.03. The Morgan fingerprint density at radius 1 is 2.00 bits per heavy atom. The van der Waals surface area contributed by atoms with Crippen LogP contribution in [0.3, 0.4) is 0 Å². The first-order valence-electron chi connectivity index (χ1n) is 1.27. The molecule has 0 bridgehead atoms. The van der Waals surface area contributed by atoms with E-state index in [-0.39, 0.29) is 0 Å². The largest absolute Gasteiger partial charge is 0.120 e. The molecule has 0 aromatic carbocycles. The first kappa shape index (κ1) is 4.85. The van der Waals surface area contributed by atoms with Crippen molar-refractivity contribution in [2.45, 2.75) is 6.42 Å². The van der Waals surface area contributed by atoms with Gasteiger partial charge in [0, 0.05) is 6.42 Å². The minimum absolute atomic E-state index is 0.557. The fourth-order valence-corrected chi connectivity index (χ4v) is 0.134. The lowest BCUT2D eigenvalue weighted by molar-refractivity contribution is 1.44. The molecule has 0 fully saturated rings. The fraction of sp³-hybridized carbons (Fsp3) is 0.250. The summed E-state index contributed by atoms with van der Waals surface area (Å²) in [6.07, 6.45) is 5.33. The van der Waals surface area contributed by atoms with Gasteiger partial charge in [-0.1, -0.05) is 0 Å². The van der Waals surface area contributed by atoms with Crippen LogP contribution in [0.15, 0.2) is 0 Å². The van der Waals surface area contributed by atoms with Crippen LogP contribution in [0.4, 0.5) is 0 Å². The molecular formula is C4H4Cl. The lowest BCUT2D eigenvalue weighted by Crippen LogP contribution is -1.51. The second-order valence-electron chi connectivity index (χ2n) is 0.563. The van der Waals surface area contributed by atoms with Crippen LogP contribution >= 0.6 is 11.6 Å². The standard InChI is InChI=1S/C4H4Cl/c1-2-3-4-5/h1,4H,3H2. The minimum atomic E-state index is 0.557. The normalized spacial score (nSPS) is 6.40. The summed E-state index contributed by atoms with van der Waals surface area (Å²) >= 11 is 5.03. The van der Waals surface area contributed by atoms with Crippen molar-refractivity contribution in [3.63, 3.8) is 0 Å². The van der Waals surface area contributed by atoms with Crippen molar-refractivity contribution in [2.75, 3.05) is 0 Å². The third-order valence-electron chi connectivity index (χ3n) is 0.195. The molecule has 0 atom stereocenters. The molecule has 27 valence electrons.